The Morgan fingerprint density at radius 2 is 1.29 bits per heavy atom. The van der Waals surface area contributed by atoms with E-state index in [4.69, 9.17) is 30.5 Å². The lowest BCUT2D eigenvalue weighted by Gasteiger charge is -2.39. The fourth-order valence-electron chi connectivity index (χ4n) is 10.6. The first kappa shape index (κ1) is 47.7. The van der Waals surface area contributed by atoms with Gasteiger partial charge in [0.25, 0.3) is 0 Å². The summed E-state index contributed by atoms with van der Waals surface area (Å²) in [5.74, 6) is 1.93. The number of likely N-dealkylation sites (tertiary alicyclic amines) is 1. The molecule has 4 aliphatic heterocycles. The Morgan fingerprint density at radius 3 is 1.87 bits per heavy atom. The van der Waals surface area contributed by atoms with E-state index in [2.05, 4.69) is 36.3 Å². The van der Waals surface area contributed by atoms with Crippen molar-refractivity contribution >= 4 is 90.3 Å². The van der Waals surface area contributed by atoms with E-state index in [1.165, 1.54) is 27.2 Å². The van der Waals surface area contributed by atoms with Crippen LogP contribution in [0.4, 0.5) is 16.3 Å². The first-order chi connectivity index (χ1) is 33.0. The van der Waals surface area contributed by atoms with Crippen molar-refractivity contribution in [3.63, 3.8) is 0 Å². The second-order valence-electron chi connectivity index (χ2n) is 20.4. The van der Waals surface area contributed by atoms with Crippen molar-refractivity contribution in [1.29, 1.82) is 0 Å². The topological polar surface area (TPSA) is 174 Å². The number of anilines is 2. The summed E-state index contributed by atoms with van der Waals surface area (Å²) in [5, 5.41) is 6.09. The molecule has 16 nitrogen and oxygen atoms in total. The molecule has 3 amide bonds. The van der Waals surface area contributed by atoms with Gasteiger partial charge in [0, 0.05) is 54.0 Å². The molecule has 2 aliphatic carbocycles. The third-order valence-corrected chi connectivity index (χ3v) is 16.2. The number of fused-ring (bicyclic) bond motifs is 7. The molecule has 0 unspecified atom stereocenters. The highest BCUT2D eigenvalue weighted by molar-refractivity contribution is 7.19. The van der Waals surface area contributed by atoms with E-state index in [0.717, 1.165) is 75.2 Å². The van der Waals surface area contributed by atoms with Crippen LogP contribution in [-0.4, -0.2) is 134 Å². The molecule has 8 heterocycles. The molecule has 1 aromatic carbocycles. The van der Waals surface area contributed by atoms with Crippen LogP contribution in [0.5, 0.6) is 5.75 Å². The SMILES string of the molecule is C[C@@H]1CN(C(=O)[C@H]2CCc3c(sc4ncnc(Cl)c34)C2)C[C@H](C)O1.C[C@@H]1CN(C(=O)[C@H]2CCc3c(sc4ncnc(Nc5cc6c(cc5OC5CN(C(=O)OC(C)(C)C)C5)CN=C6)c34)C2)C[C@H](C)O1. The Balaban J connectivity index is 0.000000193. The van der Waals surface area contributed by atoms with Crippen molar-refractivity contribution < 1.29 is 33.3 Å². The van der Waals surface area contributed by atoms with E-state index in [-0.39, 0.29) is 60.3 Å². The fourth-order valence-corrected chi connectivity index (χ4v) is 13.4. The van der Waals surface area contributed by atoms with E-state index in [0.29, 0.717) is 63.1 Å². The summed E-state index contributed by atoms with van der Waals surface area (Å²) in [6, 6.07) is 4.09. The summed E-state index contributed by atoms with van der Waals surface area (Å²) in [5.41, 5.74) is 4.85. The molecule has 3 fully saturated rings. The molecule has 1 N–H and O–H groups in total. The summed E-state index contributed by atoms with van der Waals surface area (Å²) in [6.07, 6.45) is 9.65. The number of benzene rings is 1. The molecule has 19 heteroatoms. The van der Waals surface area contributed by atoms with Crippen molar-refractivity contribution in [2.24, 2.45) is 16.8 Å². The average molecular weight is 999 g/mol. The standard InChI is InChI=1S/C33H40N6O5S.C17H20ClN3O2S/c1-18-13-38(14-19(2)42-18)31(40)20-6-7-24-27(10-20)45-30-28(24)29(35-17-36-30)37-25-8-21-11-34-12-22(21)9-26(25)43-23-15-39(16-23)32(41)44-33(3,4)5;1-9-6-21(7-10(2)23-9)17(22)11-3-4-12-13(5-11)24-16-14(12)15(18)19-8-20-16/h8-9,11,17-20,23H,6-7,10,12-16H2,1-5H3,(H,35,36,37);8-11H,3-7H2,1-2H3/t18-,19+,20-;9-,10+,11-/m00/s1. The van der Waals surface area contributed by atoms with Crippen LogP contribution in [0.1, 0.15) is 93.3 Å². The van der Waals surface area contributed by atoms with Crippen LogP contribution in [0.2, 0.25) is 5.15 Å². The summed E-state index contributed by atoms with van der Waals surface area (Å²) in [4.78, 5) is 71.1. The third kappa shape index (κ3) is 10.1. The Labute approximate surface area is 415 Å². The maximum Gasteiger partial charge on any atom is 0.410 e. The van der Waals surface area contributed by atoms with E-state index in [1.807, 2.05) is 70.5 Å². The second-order valence-corrected chi connectivity index (χ2v) is 22.9. The van der Waals surface area contributed by atoms with Crippen LogP contribution >= 0.6 is 34.3 Å². The lowest BCUT2D eigenvalue weighted by molar-refractivity contribution is -0.148. The molecular weight excluding hydrogens is 938 g/mol. The minimum Gasteiger partial charge on any atom is -0.485 e. The zero-order chi connectivity index (χ0) is 48.3. The Hall–Kier alpha value is -5.01. The molecule has 6 aliphatic rings. The number of nitrogens with zero attached hydrogens (tertiary/aromatic N) is 8. The summed E-state index contributed by atoms with van der Waals surface area (Å²) in [7, 11) is 0. The Morgan fingerprint density at radius 1 is 0.739 bits per heavy atom. The highest BCUT2D eigenvalue weighted by Gasteiger charge is 2.38. The minimum absolute atomic E-state index is 0.0360. The largest absolute Gasteiger partial charge is 0.485 e. The molecule has 0 saturated carbocycles. The van der Waals surface area contributed by atoms with Crippen LogP contribution < -0.4 is 10.1 Å². The zero-order valence-electron chi connectivity index (χ0n) is 40.3. The number of hydrogen-bond donors (Lipinski definition) is 1. The number of nitrogens with one attached hydrogen (secondary N) is 1. The molecule has 11 rings (SSSR count). The molecule has 366 valence electrons. The van der Waals surface area contributed by atoms with Gasteiger partial charge in [0.2, 0.25) is 11.8 Å². The van der Waals surface area contributed by atoms with Gasteiger partial charge in [-0.05, 0) is 121 Å². The van der Waals surface area contributed by atoms with E-state index in [9.17, 15) is 14.4 Å². The van der Waals surface area contributed by atoms with Crippen molar-refractivity contribution in [1.82, 2.24) is 34.6 Å². The number of morpholine rings is 2. The lowest BCUT2D eigenvalue weighted by Crippen LogP contribution is -2.57. The van der Waals surface area contributed by atoms with E-state index >= 15 is 0 Å². The first-order valence-electron chi connectivity index (χ1n) is 24.2. The Kier molecular flexibility index (Phi) is 13.3. The smallest absolute Gasteiger partial charge is 0.410 e. The number of hydrogen-bond acceptors (Lipinski definition) is 15. The molecule has 0 spiro atoms. The number of aryl methyl sites for hydroxylation is 2. The maximum absolute atomic E-state index is 13.5. The molecule has 6 atom stereocenters. The van der Waals surface area contributed by atoms with Gasteiger partial charge >= 0.3 is 6.09 Å². The number of aliphatic imine (C=N–C) groups is 1. The summed E-state index contributed by atoms with van der Waals surface area (Å²) in [6.45, 7) is 17.9. The number of amides is 3. The van der Waals surface area contributed by atoms with Gasteiger partial charge in [-0.3, -0.25) is 14.6 Å². The van der Waals surface area contributed by atoms with Gasteiger partial charge in [0.15, 0.2) is 0 Å². The molecule has 69 heavy (non-hydrogen) atoms. The quantitative estimate of drug-likeness (QED) is 0.162. The van der Waals surface area contributed by atoms with Gasteiger partial charge in [0.1, 0.15) is 50.7 Å². The van der Waals surface area contributed by atoms with Crippen LogP contribution in [0.15, 0.2) is 29.8 Å². The van der Waals surface area contributed by atoms with Gasteiger partial charge in [-0.1, -0.05) is 11.6 Å². The molecule has 0 radical (unpaired) electrons. The van der Waals surface area contributed by atoms with Gasteiger partial charge in [-0.25, -0.2) is 24.7 Å². The number of halogens is 1. The molecule has 4 aromatic heterocycles. The number of carbonyl (C=O) groups excluding carboxylic acids is 3. The van der Waals surface area contributed by atoms with Gasteiger partial charge < -0.3 is 39.0 Å². The normalized spacial score (nSPS) is 24.5. The zero-order valence-corrected chi connectivity index (χ0v) is 42.6. The number of thiophene rings is 2. The summed E-state index contributed by atoms with van der Waals surface area (Å²) < 4.78 is 23.5. The van der Waals surface area contributed by atoms with Crippen LogP contribution in [0.25, 0.3) is 20.4 Å². The van der Waals surface area contributed by atoms with Crippen LogP contribution in [-0.2, 0) is 56.0 Å². The van der Waals surface area contributed by atoms with Crippen LogP contribution in [0.3, 0.4) is 0 Å². The minimum atomic E-state index is -0.541. The monoisotopic (exact) mass is 997 g/mol. The highest BCUT2D eigenvalue weighted by Crippen LogP contribution is 2.43. The summed E-state index contributed by atoms with van der Waals surface area (Å²) >= 11 is 9.57. The van der Waals surface area contributed by atoms with Gasteiger partial charge in [0.05, 0.1) is 60.5 Å². The fraction of sp³-hybridized carbons (Fsp3) is 0.560. The highest BCUT2D eigenvalue weighted by atomic mass is 35.5. The van der Waals surface area contributed by atoms with Crippen molar-refractivity contribution in [3.8, 4) is 5.75 Å². The van der Waals surface area contributed by atoms with Crippen molar-refractivity contribution in [2.45, 2.75) is 130 Å². The molecule has 5 aromatic rings. The maximum atomic E-state index is 13.5. The Bertz CT molecular complexity index is 2800. The lowest BCUT2D eigenvalue weighted by atomic mass is 9.86. The first-order valence-corrected chi connectivity index (χ1v) is 26.2. The van der Waals surface area contributed by atoms with E-state index < -0.39 is 5.60 Å². The van der Waals surface area contributed by atoms with Gasteiger partial charge in [-0.15, -0.1) is 22.7 Å². The number of aromatic nitrogens is 4. The van der Waals surface area contributed by atoms with Gasteiger partial charge in [-0.2, -0.15) is 0 Å². The molecule has 3 saturated heterocycles. The predicted molar refractivity (Wildman–Crippen MR) is 267 cm³/mol. The third-order valence-electron chi connectivity index (χ3n) is 13.6. The average Bonchev–Trinajstić information content (AvgIpc) is 4.01. The van der Waals surface area contributed by atoms with Crippen molar-refractivity contribution in [2.75, 3.05) is 44.6 Å². The van der Waals surface area contributed by atoms with Crippen LogP contribution in [0, 0.1) is 11.8 Å². The van der Waals surface area contributed by atoms with Crippen molar-refractivity contribution in [3.05, 3.63) is 61.9 Å². The second kappa shape index (κ2) is 19.3. The number of carbonyl (C=O) groups is 3. The molecular formula is C50H60ClN9O7S2. The number of ether oxygens (including phenoxy) is 4. The van der Waals surface area contributed by atoms with E-state index in [1.54, 1.807) is 33.9 Å². The number of rotatable bonds is 6. The predicted octanol–water partition coefficient (Wildman–Crippen LogP) is 8.19. The molecule has 0 bridgehead atoms.